The lowest BCUT2D eigenvalue weighted by Crippen LogP contribution is -2.36. The number of nitrogens with zero attached hydrogens (tertiary/aromatic N) is 2. The molecule has 4 rings (SSSR count). The number of phenols is 1. The molecule has 1 N–H and O–H groups in total. The molecular weight excluding hydrogens is 452 g/mol. The molecule has 34 heavy (non-hydrogen) atoms. The minimum absolute atomic E-state index is 0.161. The first-order chi connectivity index (χ1) is 16.3. The summed E-state index contributed by atoms with van der Waals surface area (Å²) in [6.45, 7) is 3.50. The topological polar surface area (TPSA) is 98.1 Å². The number of carbonyl (C=O) groups is 2. The summed E-state index contributed by atoms with van der Waals surface area (Å²) in [7, 11) is 2.63. The van der Waals surface area contributed by atoms with Crippen molar-refractivity contribution in [2.45, 2.75) is 19.8 Å². The Bertz CT molecular complexity index is 1320. The number of esters is 2. The fourth-order valence-corrected chi connectivity index (χ4v) is 5.11. The van der Waals surface area contributed by atoms with Crippen molar-refractivity contribution in [3.05, 3.63) is 70.7 Å². The van der Waals surface area contributed by atoms with E-state index in [0.717, 1.165) is 16.1 Å². The molecule has 0 aliphatic carbocycles. The fourth-order valence-electron chi connectivity index (χ4n) is 4.29. The Morgan fingerprint density at radius 3 is 2.50 bits per heavy atom. The number of carbonyl (C=O) groups excluding carboxylic acids is 2. The quantitative estimate of drug-likeness (QED) is 0.522. The summed E-state index contributed by atoms with van der Waals surface area (Å²) in [5.74, 6) is -2.22. The number of benzene rings is 2. The molecule has 2 atom stereocenters. The van der Waals surface area contributed by atoms with Crippen LogP contribution in [0.4, 0.5) is 0 Å². The second kappa shape index (κ2) is 9.61. The molecular formula is C26H24N2O5S. The number of aromatic hydroxyl groups is 1. The monoisotopic (exact) mass is 476 g/mol. The first kappa shape index (κ1) is 23.4. The summed E-state index contributed by atoms with van der Waals surface area (Å²) in [6.07, 6.45) is 0. The molecule has 2 heterocycles. The van der Waals surface area contributed by atoms with Crippen LogP contribution in [-0.4, -0.2) is 42.0 Å². The van der Waals surface area contributed by atoms with Gasteiger partial charge in [-0.1, -0.05) is 30.3 Å². The highest BCUT2D eigenvalue weighted by atomic mass is 32.1. The van der Waals surface area contributed by atoms with Crippen LogP contribution in [0.5, 0.6) is 5.75 Å². The molecule has 0 bridgehead atoms. The van der Waals surface area contributed by atoms with Crippen LogP contribution >= 0.6 is 11.3 Å². The lowest BCUT2D eigenvalue weighted by molar-refractivity contribution is -0.143. The molecule has 1 aromatic heterocycles. The Balaban J connectivity index is 1.80. The Labute approximate surface area is 201 Å². The first-order valence-corrected chi connectivity index (χ1v) is 11.5. The van der Waals surface area contributed by atoms with E-state index in [0.29, 0.717) is 28.2 Å². The van der Waals surface area contributed by atoms with Crippen LogP contribution in [-0.2, 0) is 19.1 Å². The summed E-state index contributed by atoms with van der Waals surface area (Å²) >= 11 is 1.44. The van der Waals surface area contributed by atoms with Gasteiger partial charge in [-0.2, -0.15) is 0 Å². The number of aromatic nitrogens is 1. The van der Waals surface area contributed by atoms with Gasteiger partial charge in [-0.15, -0.1) is 11.3 Å². The molecule has 7 nitrogen and oxygen atoms in total. The van der Waals surface area contributed by atoms with Crippen molar-refractivity contribution < 1.29 is 24.2 Å². The van der Waals surface area contributed by atoms with Crippen LogP contribution in [0.15, 0.2) is 70.2 Å². The van der Waals surface area contributed by atoms with Crippen molar-refractivity contribution in [2.24, 2.45) is 10.9 Å². The minimum Gasteiger partial charge on any atom is -0.507 e. The number of para-hydroxylation sites is 1. The summed E-state index contributed by atoms with van der Waals surface area (Å²) in [6, 6.07) is 14.6. The van der Waals surface area contributed by atoms with E-state index in [1.807, 2.05) is 41.8 Å². The average molecular weight is 477 g/mol. The molecule has 0 amide bonds. The average Bonchev–Trinajstić information content (AvgIpc) is 3.33. The third kappa shape index (κ3) is 4.24. The van der Waals surface area contributed by atoms with Gasteiger partial charge in [-0.3, -0.25) is 9.79 Å². The van der Waals surface area contributed by atoms with Crippen LogP contribution in [0.25, 0.3) is 21.8 Å². The normalized spacial score (nSPS) is 17.8. The van der Waals surface area contributed by atoms with E-state index in [1.165, 1.54) is 25.6 Å². The van der Waals surface area contributed by atoms with Gasteiger partial charge < -0.3 is 14.6 Å². The molecule has 8 heteroatoms. The Morgan fingerprint density at radius 2 is 1.79 bits per heavy atom. The van der Waals surface area contributed by atoms with E-state index < -0.39 is 23.8 Å². The minimum atomic E-state index is -0.758. The third-order valence-electron chi connectivity index (χ3n) is 5.87. The molecule has 2 unspecified atom stereocenters. The predicted molar refractivity (Wildman–Crippen MR) is 131 cm³/mol. The summed E-state index contributed by atoms with van der Waals surface area (Å²) in [4.78, 5) is 34.6. The van der Waals surface area contributed by atoms with Crippen LogP contribution in [0.1, 0.15) is 25.3 Å². The van der Waals surface area contributed by atoms with E-state index in [-0.39, 0.29) is 5.75 Å². The summed E-state index contributed by atoms with van der Waals surface area (Å²) < 4.78 is 10.1. The van der Waals surface area contributed by atoms with Crippen molar-refractivity contribution in [1.29, 1.82) is 0 Å². The lowest BCUT2D eigenvalue weighted by atomic mass is 9.75. The number of thiazole rings is 1. The number of aliphatic imine (C=N–C) groups is 1. The second-order valence-electron chi connectivity index (χ2n) is 7.90. The third-order valence-corrected chi connectivity index (χ3v) is 6.76. The smallest absolute Gasteiger partial charge is 0.336 e. The van der Waals surface area contributed by atoms with Crippen LogP contribution in [0.3, 0.4) is 0 Å². The maximum atomic E-state index is 12.8. The number of allylic oxidation sites excluding steroid dienone is 1. The largest absolute Gasteiger partial charge is 0.507 e. The van der Waals surface area contributed by atoms with E-state index in [2.05, 4.69) is 4.99 Å². The maximum Gasteiger partial charge on any atom is 0.336 e. The van der Waals surface area contributed by atoms with Gasteiger partial charge in [0.2, 0.25) is 0 Å². The van der Waals surface area contributed by atoms with Crippen LogP contribution in [0.2, 0.25) is 0 Å². The van der Waals surface area contributed by atoms with E-state index in [4.69, 9.17) is 14.5 Å². The molecule has 0 radical (unpaired) electrons. The van der Waals surface area contributed by atoms with Gasteiger partial charge in [0.25, 0.3) is 0 Å². The van der Waals surface area contributed by atoms with Gasteiger partial charge >= 0.3 is 11.9 Å². The molecule has 174 valence electrons. The second-order valence-corrected chi connectivity index (χ2v) is 8.76. The zero-order valence-electron chi connectivity index (χ0n) is 19.2. The van der Waals surface area contributed by atoms with Crippen molar-refractivity contribution in [1.82, 2.24) is 4.98 Å². The lowest BCUT2D eigenvalue weighted by Gasteiger charge is -2.31. The fraction of sp³-hybridized carbons (Fsp3) is 0.231. The highest BCUT2D eigenvalue weighted by Gasteiger charge is 2.42. The number of phenolic OH excluding ortho intramolecular Hbond substituents is 1. The predicted octanol–water partition coefficient (Wildman–Crippen LogP) is 4.98. The summed E-state index contributed by atoms with van der Waals surface area (Å²) in [5, 5.41) is 12.8. The van der Waals surface area contributed by atoms with Gasteiger partial charge in [-0.05, 0) is 37.6 Å². The van der Waals surface area contributed by atoms with Gasteiger partial charge in [0.1, 0.15) is 16.7 Å². The molecule has 0 fully saturated rings. The van der Waals surface area contributed by atoms with Crippen LogP contribution < -0.4 is 0 Å². The maximum absolute atomic E-state index is 12.8. The molecule has 0 saturated heterocycles. The zero-order chi connectivity index (χ0) is 24.4. The van der Waals surface area contributed by atoms with Crippen molar-refractivity contribution >= 4 is 29.0 Å². The highest BCUT2D eigenvalue weighted by molar-refractivity contribution is 7.13. The standard InChI is InChI=1S/C26H24N2O5S/c1-14-21(25(30)32-3)23(22(15(2)27-14)26(31)33-4)16-8-7-9-17(12-16)24-28-19(13-34-24)18-10-5-6-11-20(18)29/h5-13,21,23,29H,1-4H3. The number of methoxy groups -OCH3 is 2. The number of hydrogen-bond acceptors (Lipinski definition) is 8. The zero-order valence-corrected chi connectivity index (χ0v) is 20.1. The summed E-state index contributed by atoms with van der Waals surface area (Å²) in [5.41, 5.74) is 4.31. The molecule has 3 aromatic rings. The molecule has 2 aromatic carbocycles. The van der Waals surface area contributed by atoms with Gasteiger partial charge in [-0.25, -0.2) is 9.78 Å². The van der Waals surface area contributed by atoms with Gasteiger partial charge in [0.15, 0.2) is 0 Å². The molecule has 0 saturated carbocycles. The van der Waals surface area contributed by atoms with Crippen molar-refractivity contribution in [3.8, 4) is 27.6 Å². The molecule has 1 aliphatic heterocycles. The Hall–Kier alpha value is -3.78. The SMILES string of the molecule is COC(=O)C1=C(C)N=C(C)C(C(=O)OC)C1c1cccc(-c2nc(-c3ccccc3O)cs2)c1. The number of ether oxygens (including phenoxy) is 2. The van der Waals surface area contributed by atoms with Crippen molar-refractivity contribution in [2.75, 3.05) is 14.2 Å². The van der Waals surface area contributed by atoms with E-state index in [1.54, 1.807) is 26.0 Å². The number of rotatable bonds is 5. The first-order valence-electron chi connectivity index (χ1n) is 10.6. The van der Waals surface area contributed by atoms with Gasteiger partial charge in [0, 0.05) is 33.8 Å². The Kier molecular flexibility index (Phi) is 6.61. The number of hydrogen-bond donors (Lipinski definition) is 1. The Morgan fingerprint density at radius 1 is 1.03 bits per heavy atom. The highest BCUT2D eigenvalue weighted by Crippen LogP contribution is 2.41. The van der Waals surface area contributed by atoms with Crippen LogP contribution in [0, 0.1) is 5.92 Å². The van der Waals surface area contributed by atoms with Gasteiger partial charge in [0.05, 0.1) is 25.5 Å². The van der Waals surface area contributed by atoms with Crippen molar-refractivity contribution in [3.63, 3.8) is 0 Å². The van der Waals surface area contributed by atoms with E-state index in [9.17, 15) is 14.7 Å². The molecule has 1 aliphatic rings. The van der Waals surface area contributed by atoms with E-state index >= 15 is 0 Å². The molecule has 0 spiro atoms.